The first-order chi connectivity index (χ1) is 7.61. The van der Waals surface area contributed by atoms with Crippen molar-refractivity contribution in [2.24, 2.45) is 5.41 Å². The first-order valence-corrected chi connectivity index (χ1v) is 5.40. The Bertz CT molecular complexity index is 443. The standard InChI is InChI=1S/C12H17N3O/c1-12(2,8-16)7-13-11-14-9-5-3-4-6-10(9)15-11/h3-6,16H,7-8H2,1-2H3,(H2,13,14,15). The number of H-pyrrole nitrogens is 1. The number of hydrogen-bond donors (Lipinski definition) is 3. The minimum Gasteiger partial charge on any atom is -0.396 e. The van der Waals surface area contributed by atoms with E-state index in [1.165, 1.54) is 0 Å². The van der Waals surface area contributed by atoms with Gasteiger partial charge < -0.3 is 15.4 Å². The zero-order valence-corrected chi connectivity index (χ0v) is 9.62. The molecular formula is C12H17N3O. The van der Waals surface area contributed by atoms with Gasteiger partial charge in [-0.15, -0.1) is 0 Å². The maximum Gasteiger partial charge on any atom is 0.201 e. The summed E-state index contributed by atoms with van der Waals surface area (Å²) < 4.78 is 0. The Morgan fingerprint density at radius 2 is 2.12 bits per heavy atom. The number of aromatic amines is 1. The number of benzene rings is 1. The van der Waals surface area contributed by atoms with Crippen molar-refractivity contribution in [2.75, 3.05) is 18.5 Å². The van der Waals surface area contributed by atoms with E-state index in [9.17, 15) is 0 Å². The number of imidazole rings is 1. The van der Waals surface area contributed by atoms with E-state index in [2.05, 4.69) is 15.3 Å². The molecule has 0 amide bonds. The third-order valence-electron chi connectivity index (χ3n) is 2.55. The van der Waals surface area contributed by atoms with Crippen molar-refractivity contribution in [3.05, 3.63) is 24.3 Å². The molecule has 0 atom stereocenters. The third-order valence-corrected chi connectivity index (χ3v) is 2.55. The minimum atomic E-state index is -0.140. The van der Waals surface area contributed by atoms with E-state index in [4.69, 9.17) is 5.11 Å². The van der Waals surface area contributed by atoms with E-state index in [1.807, 2.05) is 38.1 Å². The smallest absolute Gasteiger partial charge is 0.201 e. The van der Waals surface area contributed by atoms with Crippen LogP contribution < -0.4 is 5.32 Å². The van der Waals surface area contributed by atoms with Crippen LogP contribution in [0, 0.1) is 5.41 Å². The Balaban J connectivity index is 2.10. The lowest BCUT2D eigenvalue weighted by Crippen LogP contribution is -2.27. The third kappa shape index (κ3) is 2.33. The molecule has 0 fully saturated rings. The SMILES string of the molecule is CC(C)(CO)CNc1nc2ccccc2[nH]1. The normalized spacial score (nSPS) is 11.9. The monoisotopic (exact) mass is 219 g/mol. The maximum atomic E-state index is 9.14. The number of nitrogens with zero attached hydrogens (tertiary/aromatic N) is 1. The summed E-state index contributed by atoms with van der Waals surface area (Å²) in [6.45, 7) is 4.84. The molecule has 0 aliphatic rings. The number of aliphatic hydroxyl groups is 1. The van der Waals surface area contributed by atoms with Gasteiger partial charge in [-0.1, -0.05) is 26.0 Å². The van der Waals surface area contributed by atoms with Crippen molar-refractivity contribution >= 4 is 17.0 Å². The number of fused-ring (bicyclic) bond motifs is 1. The average Bonchev–Trinajstić information content (AvgIpc) is 2.69. The van der Waals surface area contributed by atoms with E-state index in [1.54, 1.807) is 0 Å². The molecule has 86 valence electrons. The van der Waals surface area contributed by atoms with Crippen molar-refractivity contribution < 1.29 is 5.11 Å². The second-order valence-electron chi connectivity index (χ2n) is 4.78. The largest absolute Gasteiger partial charge is 0.396 e. The number of aromatic nitrogens is 2. The Labute approximate surface area is 94.7 Å². The van der Waals surface area contributed by atoms with E-state index in [0.717, 1.165) is 17.0 Å². The first-order valence-electron chi connectivity index (χ1n) is 5.40. The second-order valence-corrected chi connectivity index (χ2v) is 4.78. The highest BCUT2D eigenvalue weighted by Gasteiger charge is 2.16. The van der Waals surface area contributed by atoms with Crippen molar-refractivity contribution in [3.63, 3.8) is 0 Å². The predicted octanol–water partition coefficient (Wildman–Crippen LogP) is 1.99. The van der Waals surface area contributed by atoms with Crippen LogP contribution in [0.1, 0.15) is 13.8 Å². The van der Waals surface area contributed by atoms with Gasteiger partial charge in [0.25, 0.3) is 0 Å². The highest BCUT2D eigenvalue weighted by Crippen LogP contribution is 2.17. The molecule has 4 nitrogen and oxygen atoms in total. The van der Waals surface area contributed by atoms with Crippen LogP contribution >= 0.6 is 0 Å². The summed E-state index contributed by atoms with van der Waals surface area (Å²) >= 11 is 0. The summed E-state index contributed by atoms with van der Waals surface area (Å²) in [6, 6.07) is 7.89. The van der Waals surface area contributed by atoms with Gasteiger partial charge >= 0.3 is 0 Å². The fourth-order valence-electron chi connectivity index (χ4n) is 1.42. The Morgan fingerprint density at radius 3 is 2.81 bits per heavy atom. The van der Waals surface area contributed by atoms with Gasteiger partial charge in [-0.3, -0.25) is 0 Å². The van der Waals surface area contributed by atoms with Crippen LogP contribution in [0.5, 0.6) is 0 Å². The van der Waals surface area contributed by atoms with E-state index < -0.39 is 0 Å². The molecule has 16 heavy (non-hydrogen) atoms. The van der Waals surface area contributed by atoms with Gasteiger partial charge in [-0.05, 0) is 12.1 Å². The number of anilines is 1. The van der Waals surface area contributed by atoms with Crippen LogP contribution in [-0.2, 0) is 0 Å². The molecule has 0 saturated carbocycles. The van der Waals surface area contributed by atoms with Crippen LogP contribution in [0.25, 0.3) is 11.0 Å². The van der Waals surface area contributed by atoms with Crippen LogP contribution in [0.4, 0.5) is 5.95 Å². The highest BCUT2D eigenvalue weighted by atomic mass is 16.3. The molecule has 2 rings (SSSR count). The number of para-hydroxylation sites is 2. The highest BCUT2D eigenvalue weighted by molar-refractivity contribution is 5.77. The summed E-state index contributed by atoms with van der Waals surface area (Å²) in [5.74, 6) is 0.753. The molecule has 4 heteroatoms. The van der Waals surface area contributed by atoms with Gasteiger partial charge in [-0.2, -0.15) is 0 Å². The quantitative estimate of drug-likeness (QED) is 0.737. The lowest BCUT2D eigenvalue weighted by Gasteiger charge is -2.21. The van der Waals surface area contributed by atoms with E-state index in [-0.39, 0.29) is 12.0 Å². The van der Waals surface area contributed by atoms with E-state index in [0.29, 0.717) is 6.54 Å². The summed E-state index contributed by atoms with van der Waals surface area (Å²) in [5.41, 5.74) is 1.83. The Morgan fingerprint density at radius 1 is 1.38 bits per heavy atom. The Kier molecular flexibility index (Phi) is 2.83. The van der Waals surface area contributed by atoms with Crippen molar-refractivity contribution in [2.45, 2.75) is 13.8 Å². The van der Waals surface area contributed by atoms with Gasteiger partial charge in [0.05, 0.1) is 11.0 Å². The maximum absolute atomic E-state index is 9.14. The predicted molar refractivity (Wildman–Crippen MR) is 65.5 cm³/mol. The lowest BCUT2D eigenvalue weighted by molar-refractivity contribution is 0.170. The molecule has 1 aromatic heterocycles. The number of nitrogens with one attached hydrogen (secondary N) is 2. The molecule has 0 spiro atoms. The fourth-order valence-corrected chi connectivity index (χ4v) is 1.42. The summed E-state index contributed by atoms with van der Waals surface area (Å²) in [5, 5.41) is 12.3. The van der Waals surface area contributed by atoms with Crippen LogP contribution in [0.3, 0.4) is 0 Å². The van der Waals surface area contributed by atoms with Gasteiger partial charge in [0.2, 0.25) is 5.95 Å². The number of hydrogen-bond acceptors (Lipinski definition) is 3. The van der Waals surface area contributed by atoms with Gasteiger partial charge in [0, 0.05) is 18.6 Å². The van der Waals surface area contributed by atoms with Crippen molar-refractivity contribution in [3.8, 4) is 0 Å². The van der Waals surface area contributed by atoms with Crippen LogP contribution in [0.2, 0.25) is 0 Å². The van der Waals surface area contributed by atoms with Crippen molar-refractivity contribution in [1.29, 1.82) is 0 Å². The van der Waals surface area contributed by atoms with Gasteiger partial charge in [0.15, 0.2) is 0 Å². The van der Waals surface area contributed by atoms with E-state index >= 15 is 0 Å². The number of rotatable bonds is 4. The van der Waals surface area contributed by atoms with Crippen molar-refractivity contribution in [1.82, 2.24) is 9.97 Å². The molecule has 1 aromatic carbocycles. The van der Waals surface area contributed by atoms with Crippen LogP contribution in [-0.4, -0.2) is 28.2 Å². The molecule has 0 aliphatic heterocycles. The Hall–Kier alpha value is -1.55. The minimum absolute atomic E-state index is 0.140. The molecule has 0 saturated heterocycles. The van der Waals surface area contributed by atoms with Crippen LogP contribution in [0.15, 0.2) is 24.3 Å². The molecule has 3 N–H and O–H groups in total. The average molecular weight is 219 g/mol. The van der Waals surface area contributed by atoms with Gasteiger partial charge in [-0.25, -0.2) is 4.98 Å². The lowest BCUT2D eigenvalue weighted by atomic mass is 9.95. The number of aliphatic hydroxyl groups excluding tert-OH is 1. The molecule has 0 bridgehead atoms. The molecule has 0 unspecified atom stereocenters. The molecule has 2 aromatic rings. The fraction of sp³-hybridized carbons (Fsp3) is 0.417. The zero-order chi connectivity index (χ0) is 11.6. The summed E-state index contributed by atoms with van der Waals surface area (Å²) in [7, 11) is 0. The zero-order valence-electron chi connectivity index (χ0n) is 9.62. The molecule has 0 aliphatic carbocycles. The summed E-state index contributed by atoms with van der Waals surface area (Å²) in [6.07, 6.45) is 0. The molecule has 1 heterocycles. The van der Waals surface area contributed by atoms with Gasteiger partial charge in [0.1, 0.15) is 0 Å². The summed E-state index contributed by atoms with van der Waals surface area (Å²) in [4.78, 5) is 7.59. The first kappa shape index (κ1) is 11.0. The molecule has 0 radical (unpaired) electrons. The molecular weight excluding hydrogens is 202 g/mol. The second kappa shape index (κ2) is 4.14. The topological polar surface area (TPSA) is 60.9 Å².